The molecule has 2 aromatic rings. The van der Waals surface area contributed by atoms with Gasteiger partial charge in [-0.3, -0.25) is 0 Å². The first-order valence-electron chi connectivity index (χ1n) is 7.02. The molecule has 0 bridgehead atoms. The summed E-state index contributed by atoms with van der Waals surface area (Å²) in [5.41, 5.74) is 6.57. The Balaban J connectivity index is 1.47. The number of piperazine rings is 1. The Labute approximate surface area is 132 Å². The average Bonchev–Trinajstić information content (AvgIpc) is 3.00. The Kier molecular flexibility index (Phi) is 4.38. The minimum atomic E-state index is -0.283. The number of carbonyl (C=O) groups is 1. The smallest absolute Gasteiger partial charge is 0.410 e. The minimum Gasteiger partial charge on any atom is -0.445 e. The third-order valence-electron chi connectivity index (χ3n) is 3.46. The highest BCUT2D eigenvalue weighted by Gasteiger charge is 2.24. The molecule has 1 saturated heterocycles. The molecule has 1 aromatic carbocycles. The summed E-state index contributed by atoms with van der Waals surface area (Å²) in [4.78, 5) is 19.9. The van der Waals surface area contributed by atoms with Crippen LogP contribution >= 0.6 is 11.5 Å². The lowest BCUT2D eigenvalue weighted by Gasteiger charge is -2.33. The molecule has 7 nitrogen and oxygen atoms in total. The summed E-state index contributed by atoms with van der Waals surface area (Å²) in [6.07, 6.45) is -0.283. The predicted molar refractivity (Wildman–Crippen MR) is 84.7 cm³/mol. The molecule has 8 heteroatoms. The van der Waals surface area contributed by atoms with Gasteiger partial charge in [0.25, 0.3) is 0 Å². The van der Waals surface area contributed by atoms with Gasteiger partial charge in [0.05, 0.1) is 0 Å². The molecule has 0 saturated carbocycles. The van der Waals surface area contributed by atoms with Crippen molar-refractivity contribution in [2.75, 3.05) is 36.8 Å². The first-order valence-corrected chi connectivity index (χ1v) is 7.79. The predicted octanol–water partition coefficient (Wildman–Crippen LogP) is 1.58. The van der Waals surface area contributed by atoms with Gasteiger partial charge in [0, 0.05) is 37.7 Å². The Bertz CT molecular complexity index is 625. The second-order valence-corrected chi connectivity index (χ2v) is 5.73. The summed E-state index contributed by atoms with van der Waals surface area (Å²) >= 11 is 1.18. The van der Waals surface area contributed by atoms with Crippen LogP contribution in [0, 0.1) is 0 Å². The zero-order valence-electron chi connectivity index (χ0n) is 12.0. The molecule has 0 radical (unpaired) electrons. The van der Waals surface area contributed by atoms with Gasteiger partial charge in [0.2, 0.25) is 11.1 Å². The number of carbonyl (C=O) groups excluding carboxylic acids is 1. The van der Waals surface area contributed by atoms with E-state index in [1.54, 1.807) is 4.90 Å². The van der Waals surface area contributed by atoms with Crippen molar-refractivity contribution in [3.63, 3.8) is 0 Å². The van der Waals surface area contributed by atoms with Crippen molar-refractivity contribution in [1.82, 2.24) is 14.3 Å². The Morgan fingerprint density at radius 2 is 1.95 bits per heavy atom. The molecule has 0 unspecified atom stereocenters. The van der Waals surface area contributed by atoms with E-state index in [9.17, 15) is 4.79 Å². The summed E-state index contributed by atoms with van der Waals surface area (Å²) < 4.78 is 9.51. The summed E-state index contributed by atoms with van der Waals surface area (Å²) in [6.45, 7) is 2.83. The van der Waals surface area contributed by atoms with E-state index in [1.165, 1.54) is 11.5 Å². The zero-order valence-corrected chi connectivity index (χ0v) is 12.8. The first kappa shape index (κ1) is 14.6. The van der Waals surface area contributed by atoms with Crippen LogP contribution in [0.3, 0.4) is 0 Å². The number of rotatable bonds is 3. The van der Waals surface area contributed by atoms with Gasteiger partial charge in [-0.2, -0.15) is 9.36 Å². The van der Waals surface area contributed by atoms with Crippen LogP contribution < -0.4 is 10.6 Å². The highest BCUT2D eigenvalue weighted by molar-refractivity contribution is 7.09. The van der Waals surface area contributed by atoms with E-state index in [0.717, 1.165) is 5.56 Å². The number of nitrogens with zero attached hydrogens (tertiary/aromatic N) is 4. The normalized spacial score (nSPS) is 14.9. The molecular weight excluding hydrogens is 302 g/mol. The summed E-state index contributed by atoms with van der Waals surface area (Å²) in [6, 6.07) is 9.65. The highest BCUT2D eigenvalue weighted by Crippen LogP contribution is 2.17. The van der Waals surface area contributed by atoms with Crippen LogP contribution in [-0.2, 0) is 11.3 Å². The van der Waals surface area contributed by atoms with Crippen molar-refractivity contribution >= 4 is 28.7 Å². The van der Waals surface area contributed by atoms with Crippen LogP contribution in [0.25, 0.3) is 0 Å². The second-order valence-electron chi connectivity index (χ2n) is 4.95. The number of amides is 1. The molecule has 22 heavy (non-hydrogen) atoms. The van der Waals surface area contributed by atoms with Crippen molar-refractivity contribution in [1.29, 1.82) is 0 Å². The number of nitrogen functional groups attached to an aromatic ring is 1. The highest BCUT2D eigenvalue weighted by atomic mass is 32.1. The van der Waals surface area contributed by atoms with Crippen LogP contribution in [0.2, 0.25) is 0 Å². The van der Waals surface area contributed by atoms with Crippen LogP contribution in [0.15, 0.2) is 30.3 Å². The molecule has 1 fully saturated rings. The third kappa shape index (κ3) is 3.45. The van der Waals surface area contributed by atoms with Gasteiger partial charge in [-0.25, -0.2) is 4.79 Å². The standard InChI is InChI=1S/C14H17N5O2S/c15-12-16-13(17-22-12)18-6-8-19(9-7-18)14(20)21-10-11-4-2-1-3-5-11/h1-5H,6-10H2,(H2,15,16,17). The number of nitrogens with two attached hydrogens (primary N) is 1. The molecule has 1 aliphatic heterocycles. The summed E-state index contributed by atoms with van der Waals surface area (Å²) in [5.74, 6) is 0.639. The van der Waals surface area contributed by atoms with Crippen LogP contribution in [0.4, 0.5) is 15.9 Å². The molecule has 3 rings (SSSR count). The minimum absolute atomic E-state index is 0.283. The van der Waals surface area contributed by atoms with Crippen molar-refractivity contribution < 1.29 is 9.53 Å². The molecule has 0 aliphatic carbocycles. The lowest BCUT2D eigenvalue weighted by molar-refractivity contribution is 0.0941. The van der Waals surface area contributed by atoms with Gasteiger partial charge in [-0.05, 0) is 5.56 Å². The van der Waals surface area contributed by atoms with Crippen LogP contribution in [0.1, 0.15) is 5.56 Å². The number of hydrogen-bond acceptors (Lipinski definition) is 7. The van der Waals surface area contributed by atoms with Gasteiger partial charge in [0.1, 0.15) is 6.61 Å². The van der Waals surface area contributed by atoms with Crippen LogP contribution in [-0.4, -0.2) is 46.5 Å². The molecule has 2 N–H and O–H groups in total. The quantitative estimate of drug-likeness (QED) is 0.924. The SMILES string of the molecule is Nc1nc(N2CCN(C(=O)OCc3ccccc3)CC2)ns1. The summed E-state index contributed by atoms with van der Waals surface area (Å²) in [7, 11) is 0. The van der Waals surface area contributed by atoms with Gasteiger partial charge in [-0.1, -0.05) is 30.3 Å². The molecule has 0 spiro atoms. The fraction of sp³-hybridized carbons (Fsp3) is 0.357. The Hall–Kier alpha value is -2.35. The van der Waals surface area contributed by atoms with E-state index in [4.69, 9.17) is 10.5 Å². The average molecular weight is 319 g/mol. The molecule has 0 atom stereocenters. The fourth-order valence-corrected chi connectivity index (χ4v) is 2.71. The maximum atomic E-state index is 12.1. The second kappa shape index (κ2) is 6.61. The number of benzene rings is 1. The maximum Gasteiger partial charge on any atom is 0.410 e. The van der Waals surface area contributed by atoms with Gasteiger partial charge in [0.15, 0.2) is 0 Å². The molecular formula is C14H17N5O2S. The van der Waals surface area contributed by atoms with Gasteiger partial charge in [-0.15, -0.1) is 0 Å². The monoisotopic (exact) mass is 319 g/mol. The van der Waals surface area contributed by atoms with Crippen LogP contribution in [0.5, 0.6) is 0 Å². The van der Waals surface area contributed by atoms with Crippen molar-refractivity contribution in [3.05, 3.63) is 35.9 Å². The number of anilines is 2. The molecule has 2 heterocycles. The largest absolute Gasteiger partial charge is 0.445 e. The molecule has 1 aromatic heterocycles. The zero-order chi connectivity index (χ0) is 15.4. The number of ether oxygens (including phenoxy) is 1. The van der Waals surface area contributed by atoms with E-state index >= 15 is 0 Å². The van der Waals surface area contributed by atoms with E-state index in [0.29, 0.717) is 43.9 Å². The maximum absolute atomic E-state index is 12.1. The van der Waals surface area contributed by atoms with Gasteiger partial charge < -0.3 is 20.3 Å². The molecule has 1 aliphatic rings. The van der Waals surface area contributed by atoms with Crippen molar-refractivity contribution in [2.45, 2.75) is 6.61 Å². The third-order valence-corrected chi connectivity index (χ3v) is 3.99. The van der Waals surface area contributed by atoms with Gasteiger partial charge >= 0.3 is 6.09 Å². The lowest BCUT2D eigenvalue weighted by Crippen LogP contribution is -2.49. The Morgan fingerprint density at radius 1 is 1.23 bits per heavy atom. The number of aromatic nitrogens is 2. The molecule has 116 valence electrons. The van der Waals surface area contributed by atoms with Crippen molar-refractivity contribution in [3.8, 4) is 0 Å². The Morgan fingerprint density at radius 3 is 2.59 bits per heavy atom. The van der Waals surface area contributed by atoms with Crippen molar-refractivity contribution in [2.24, 2.45) is 0 Å². The van der Waals surface area contributed by atoms with E-state index < -0.39 is 0 Å². The fourth-order valence-electron chi connectivity index (χ4n) is 2.26. The lowest BCUT2D eigenvalue weighted by atomic mass is 10.2. The molecule has 1 amide bonds. The first-order chi connectivity index (χ1) is 10.7. The number of hydrogen-bond donors (Lipinski definition) is 1. The van der Waals surface area contributed by atoms with E-state index in [1.807, 2.05) is 35.2 Å². The van der Waals surface area contributed by atoms with E-state index in [2.05, 4.69) is 9.36 Å². The topological polar surface area (TPSA) is 84.6 Å². The van der Waals surface area contributed by atoms with E-state index in [-0.39, 0.29) is 6.09 Å². The summed E-state index contributed by atoms with van der Waals surface area (Å²) in [5, 5.41) is 0.458.